The molecule has 0 saturated carbocycles. The van der Waals surface area contributed by atoms with Gasteiger partial charge in [-0.1, -0.05) is 80.3 Å². The summed E-state index contributed by atoms with van der Waals surface area (Å²) in [7, 11) is 0. The van der Waals surface area contributed by atoms with E-state index >= 15 is 0 Å². The van der Waals surface area contributed by atoms with Crippen LogP contribution in [-0.4, -0.2) is 10.4 Å². The first-order chi connectivity index (χ1) is 16.6. The lowest BCUT2D eigenvalue weighted by Crippen LogP contribution is -2.06. The molecule has 1 heterocycles. The fourth-order valence-electron chi connectivity index (χ4n) is 3.64. The number of aryl methyl sites for hydroxylation is 1. The highest BCUT2D eigenvalue weighted by molar-refractivity contribution is 6.22. The van der Waals surface area contributed by atoms with Crippen LogP contribution in [0.2, 0.25) is 0 Å². The van der Waals surface area contributed by atoms with Crippen molar-refractivity contribution in [3.05, 3.63) is 83.6 Å². The van der Waals surface area contributed by atoms with Crippen LogP contribution in [-0.2, 0) is 6.54 Å². The molecule has 0 aliphatic heterocycles. The van der Waals surface area contributed by atoms with E-state index in [1.165, 1.54) is 4.57 Å². The number of aromatic nitrogens is 1. The maximum atomic E-state index is 13.8. The van der Waals surface area contributed by atoms with Crippen LogP contribution in [0.3, 0.4) is 0 Å². The van der Waals surface area contributed by atoms with Crippen LogP contribution >= 0.6 is 0 Å². The smallest absolute Gasteiger partial charge is 0.196 e. The summed E-state index contributed by atoms with van der Waals surface area (Å²) in [5.74, 6) is -0.277. The second-order valence-corrected chi connectivity index (χ2v) is 6.35. The van der Waals surface area contributed by atoms with Gasteiger partial charge in [-0.15, -0.1) is 0 Å². The zero-order valence-corrected chi connectivity index (χ0v) is 14.9. The van der Waals surface area contributed by atoms with Gasteiger partial charge in [-0.25, -0.2) is 0 Å². The van der Waals surface area contributed by atoms with Crippen molar-refractivity contribution in [1.82, 2.24) is 4.57 Å². The van der Waals surface area contributed by atoms with Gasteiger partial charge in [0.25, 0.3) is 0 Å². The van der Waals surface area contributed by atoms with E-state index in [0.717, 1.165) is 10.8 Å². The molecule has 0 bridgehead atoms. The summed E-state index contributed by atoms with van der Waals surface area (Å²) in [6, 6.07) is 19.7. The predicted molar refractivity (Wildman–Crippen MR) is 114 cm³/mol. The van der Waals surface area contributed by atoms with Crippen molar-refractivity contribution in [2.45, 2.75) is 39.4 Å². The number of rotatable bonds is 6. The van der Waals surface area contributed by atoms with Gasteiger partial charge in [-0.05, 0) is 30.1 Å². The molecule has 27 heavy (non-hydrogen) atoms. The second kappa shape index (κ2) is 7.40. The Hall–Kier alpha value is -2.87. The second-order valence-electron chi connectivity index (χ2n) is 6.35. The first-order valence-corrected chi connectivity index (χ1v) is 8.72. The normalized spacial score (nSPS) is 18.3. The van der Waals surface area contributed by atoms with Crippen molar-refractivity contribution in [1.29, 1.82) is 0 Å². The molecule has 0 saturated heterocycles. The zero-order chi connectivity index (χ0) is 26.7. The third kappa shape index (κ3) is 3.06. The minimum atomic E-state index is -3.46. The molecule has 0 atom stereocenters. The third-order valence-electron chi connectivity index (χ3n) is 4.88. The Morgan fingerprint density at radius 1 is 0.963 bits per heavy atom. The molecule has 0 aliphatic rings. The molecule has 4 aromatic rings. The largest absolute Gasteiger partial charge is 0.344 e. The molecule has 0 aliphatic carbocycles. The highest BCUT2D eigenvalue weighted by Gasteiger charge is 2.22. The molecule has 1 aromatic heterocycles. The minimum Gasteiger partial charge on any atom is -0.344 e. The van der Waals surface area contributed by atoms with Crippen molar-refractivity contribution >= 4 is 27.5 Å². The summed E-state index contributed by atoms with van der Waals surface area (Å²) < 4.78 is 72.9. The molecule has 2 nitrogen and oxygen atoms in total. The van der Waals surface area contributed by atoms with Crippen molar-refractivity contribution < 1.29 is 17.1 Å². The fraction of sp³-hybridized carbons (Fsp3) is 0.240. The summed E-state index contributed by atoms with van der Waals surface area (Å²) in [6.45, 7) is -2.44. The Labute approximate surface area is 173 Å². The third-order valence-corrected chi connectivity index (χ3v) is 4.88. The Morgan fingerprint density at radius 2 is 1.70 bits per heavy atom. The van der Waals surface area contributed by atoms with Gasteiger partial charge in [-0.2, -0.15) is 0 Å². The Morgan fingerprint density at radius 3 is 2.56 bits per heavy atom. The van der Waals surface area contributed by atoms with Crippen LogP contribution in [0.4, 0.5) is 0 Å². The predicted octanol–water partition coefficient (Wildman–Crippen LogP) is 6.52. The van der Waals surface area contributed by atoms with E-state index in [1.807, 2.05) is 30.3 Å². The average molecular weight is 365 g/mol. The Bertz CT molecular complexity index is 1460. The highest BCUT2D eigenvalue weighted by Crippen LogP contribution is 2.30. The van der Waals surface area contributed by atoms with E-state index in [1.54, 1.807) is 43.3 Å². The van der Waals surface area contributed by atoms with Gasteiger partial charge in [0.2, 0.25) is 0 Å². The number of hydrogen-bond acceptors (Lipinski definition) is 1. The van der Waals surface area contributed by atoms with Crippen molar-refractivity contribution in [2.75, 3.05) is 0 Å². The maximum absolute atomic E-state index is 13.8. The van der Waals surface area contributed by atoms with Gasteiger partial charge in [0.05, 0.1) is 5.56 Å². The van der Waals surface area contributed by atoms with Crippen molar-refractivity contribution in [3.8, 4) is 0 Å². The standard InChI is InChI=1S/C25H25NO/c1-3-4-9-17-26-18(2)24(22-14-7-8-16-23(22)26)25(27)21-15-10-12-19-11-5-6-13-20(19)21/h5-8,10-16H,3-4,9,17H2,1-2H3/i1D3,3D2,4D2,9D2. The summed E-state index contributed by atoms with van der Waals surface area (Å²) in [5.41, 5.74) is 1.64. The lowest BCUT2D eigenvalue weighted by atomic mass is 9.95. The van der Waals surface area contributed by atoms with Gasteiger partial charge in [0, 0.05) is 41.0 Å². The fourth-order valence-corrected chi connectivity index (χ4v) is 3.64. The molecule has 0 radical (unpaired) electrons. The van der Waals surface area contributed by atoms with Crippen molar-refractivity contribution in [2.24, 2.45) is 0 Å². The molecule has 0 amide bonds. The Balaban J connectivity index is 1.87. The topological polar surface area (TPSA) is 22.0 Å². The molecule has 0 spiro atoms. The highest BCUT2D eigenvalue weighted by atomic mass is 16.1. The number of hydrogen-bond donors (Lipinski definition) is 0. The van der Waals surface area contributed by atoms with Gasteiger partial charge < -0.3 is 4.57 Å². The molecule has 3 aromatic carbocycles. The molecule has 4 rings (SSSR count). The van der Waals surface area contributed by atoms with Crippen LogP contribution in [0.1, 0.15) is 59.9 Å². The number of ketones is 1. The van der Waals surface area contributed by atoms with E-state index in [-0.39, 0.29) is 5.78 Å². The van der Waals surface area contributed by atoms with E-state index in [2.05, 4.69) is 0 Å². The van der Waals surface area contributed by atoms with Crippen LogP contribution in [0, 0.1) is 6.92 Å². The monoisotopic (exact) mass is 364 g/mol. The molecular formula is C25H25NO. The van der Waals surface area contributed by atoms with E-state index in [9.17, 15) is 4.79 Å². The van der Waals surface area contributed by atoms with Crippen LogP contribution in [0.25, 0.3) is 21.7 Å². The molecule has 0 unspecified atom stereocenters. The summed E-state index contributed by atoms with van der Waals surface area (Å²) in [4.78, 5) is 13.8. The summed E-state index contributed by atoms with van der Waals surface area (Å²) >= 11 is 0. The summed E-state index contributed by atoms with van der Waals surface area (Å²) in [6.07, 6.45) is -9.76. The van der Waals surface area contributed by atoms with Gasteiger partial charge in [0.1, 0.15) is 0 Å². The molecule has 136 valence electrons. The molecular weight excluding hydrogens is 330 g/mol. The lowest BCUT2D eigenvalue weighted by Gasteiger charge is -2.09. The van der Waals surface area contributed by atoms with Crippen LogP contribution < -0.4 is 0 Å². The number of carbonyl (C=O) groups excluding carboxylic acids is 1. The van der Waals surface area contributed by atoms with E-state index < -0.39 is 32.5 Å². The molecule has 0 fully saturated rings. The number of fused-ring (bicyclic) bond motifs is 2. The van der Waals surface area contributed by atoms with Crippen LogP contribution in [0.15, 0.2) is 66.7 Å². The van der Waals surface area contributed by atoms with Gasteiger partial charge in [-0.3, -0.25) is 4.79 Å². The minimum absolute atomic E-state index is 0.277. The quantitative estimate of drug-likeness (QED) is 0.357. The first-order valence-electron chi connectivity index (χ1n) is 13.2. The molecule has 2 heteroatoms. The summed E-state index contributed by atoms with van der Waals surface area (Å²) in [5, 5.41) is 2.20. The van der Waals surface area contributed by atoms with Gasteiger partial charge >= 0.3 is 0 Å². The zero-order valence-electron chi connectivity index (χ0n) is 23.9. The van der Waals surface area contributed by atoms with E-state index in [4.69, 9.17) is 12.3 Å². The number of para-hydroxylation sites is 1. The van der Waals surface area contributed by atoms with Gasteiger partial charge in [0.15, 0.2) is 5.78 Å². The average Bonchev–Trinajstić information content (AvgIpc) is 3.08. The first kappa shape index (κ1) is 9.89. The van der Waals surface area contributed by atoms with E-state index in [0.29, 0.717) is 27.7 Å². The maximum Gasteiger partial charge on any atom is 0.196 e. The number of nitrogens with zero attached hydrogens (tertiary/aromatic N) is 1. The SMILES string of the molecule is [2H]C([2H])([2H])C([2H])([2H])C([2H])([2H])C([2H])([2H])Cn1c(C)c(C(=O)c2cccc3ccccc23)c2ccccc21. The van der Waals surface area contributed by atoms with Crippen LogP contribution in [0.5, 0.6) is 0 Å². The van der Waals surface area contributed by atoms with Crippen molar-refractivity contribution in [3.63, 3.8) is 0 Å². The number of carbonyl (C=O) groups is 1. The number of benzene rings is 3. The Kier molecular flexibility index (Phi) is 2.71. The molecule has 0 N–H and O–H groups in total. The lowest BCUT2D eigenvalue weighted by molar-refractivity contribution is 0.104.